The molecule has 10 heteroatoms. The Labute approximate surface area is 236 Å². The standard InChI is InChI=1S/C30H27F2N3O4.ClH/c1-37-29-11-19(15-33-6-8-34(9-7-33)25-3-2-20(31)12-24(25)32)21-13-26-22-14-28-27(38-17-39-28)10-18(22)4-5-35(26)16-23(21)30(29)36;/h2-3,10-14,16H,4-9,15,17H2,1H3;1H. The molecule has 0 atom stereocenters. The molecule has 0 unspecified atom stereocenters. The van der Waals surface area contributed by atoms with Crippen molar-refractivity contribution in [2.45, 2.75) is 19.5 Å². The Morgan fingerprint density at radius 3 is 2.50 bits per heavy atom. The van der Waals surface area contributed by atoms with Crippen LogP contribution in [0.2, 0.25) is 0 Å². The Kier molecular flexibility index (Phi) is 6.80. The maximum absolute atomic E-state index is 14.3. The van der Waals surface area contributed by atoms with Crippen LogP contribution in [0.3, 0.4) is 0 Å². The van der Waals surface area contributed by atoms with Crippen LogP contribution in [0.4, 0.5) is 14.5 Å². The van der Waals surface area contributed by atoms with E-state index < -0.39 is 11.6 Å². The second-order valence-corrected chi connectivity index (χ2v) is 10.2. The molecule has 0 spiro atoms. The van der Waals surface area contributed by atoms with E-state index in [-0.39, 0.29) is 24.9 Å². The molecule has 3 aliphatic rings. The molecule has 0 aliphatic carbocycles. The lowest BCUT2D eigenvalue weighted by Crippen LogP contribution is -3.00. The number of halogens is 3. The van der Waals surface area contributed by atoms with Gasteiger partial charge >= 0.3 is 0 Å². The first-order chi connectivity index (χ1) is 19.0. The number of piperazine rings is 1. The fraction of sp³-hybridized carbons (Fsp3) is 0.300. The van der Waals surface area contributed by atoms with Gasteiger partial charge in [0.1, 0.15) is 11.6 Å². The lowest BCUT2D eigenvalue weighted by Gasteiger charge is -2.36. The van der Waals surface area contributed by atoms with Gasteiger partial charge in [-0.1, -0.05) is 0 Å². The highest BCUT2D eigenvalue weighted by Gasteiger charge is 2.30. The molecule has 40 heavy (non-hydrogen) atoms. The predicted molar refractivity (Wildman–Crippen MR) is 141 cm³/mol. The van der Waals surface area contributed by atoms with Gasteiger partial charge < -0.3 is 36.6 Å². The van der Waals surface area contributed by atoms with E-state index in [0.29, 0.717) is 44.2 Å². The molecule has 1 fully saturated rings. The van der Waals surface area contributed by atoms with Crippen LogP contribution >= 0.6 is 0 Å². The minimum absolute atomic E-state index is 0. The molecule has 1 aromatic heterocycles. The van der Waals surface area contributed by atoms with E-state index in [4.69, 9.17) is 14.2 Å². The molecule has 0 amide bonds. The fourth-order valence-corrected chi connectivity index (χ4v) is 5.98. The van der Waals surface area contributed by atoms with Crippen molar-refractivity contribution in [3.63, 3.8) is 0 Å². The summed E-state index contributed by atoms with van der Waals surface area (Å²) in [5.74, 6) is 0.977. The summed E-state index contributed by atoms with van der Waals surface area (Å²) in [6, 6.07) is 11.9. The third-order valence-electron chi connectivity index (χ3n) is 8.04. The summed E-state index contributed by atoms with van der Waals surface area (Å²) in [4.78, 5) is 4.26. The summed E-state index contributed by atoms with van der Waals surface area (Å²) >= 11 is 0. The number of ether oxygens (including phenoxy) is 3. The number of phenolic OH excluding ortho intramolecular Hbond substituents is 1. The molecule has 3 aliphatic heterocycles. The molecule has 1 saturated heterocycles. The highest BCUT2D eigenvalue weighted by atomic mass is 35.5. The van der Waals surface area contributed by atoms with Crippen LogP contribution in [0.5, 0.6) is 23.0 Å². The van der Waals surface area contributed by atoms with Crippen molar-refractivity contribution >= 4 is 16.5 Å². The van der Waals surface area contributed by atoms with Crippen molar-refractivity contribution in [2.24, 2.45) is 0 Å². The first-order valence-electron chi connectivity index (χ1n) is 13.1. The summed E-state index contributed by atoms with van der Waals surface area (Å²) < 4.78 is 46.7. The molecule has 208 valence electrons. The van der Waals surface area contributed by atoms with Gasteiger partial charge in [-0.3, -0.25) is 4.90 Å². The number of aryl methyl sites for hydroxylation is 2. The van der Waals surface area contributed by atoms with Crippen molar-refractivity contribution < 1.29 is 45.1 Å². The van der Waals surface area contributed by atoms with Crippen LogP contribution in [0.1, 0.15) is 11.1 Å². The number of methoxy groups -OCH3 is 1. The van der Waals surface area contributed by atoms with Crippen LogP contribution in [0, 0.1) is 11.6 Å². The summed E-state index contributed by atoms with van der Waals surface area (Å²) in [7, 11) is 1.56. The number of pyridine rings is 1. The molecule has 0 radical (unpaired) electrons. The van der Waals surface area contributed by atoms with E-state index in [1.165, 1.54) is 17.7 Å². The quantitative estimate of drug-likeness (QED) is 0.376. The van der Waals surface area contributed by atoms with Crippen LogP contribution in [0.25, 0.3) is 22.0 Å². The van der Waals surface area contributed by atoms with Crippen molar-refractivity contribution in [3.8, 4) is 34.3 Å². The highest BCUT2D eigenvalue weighted by molar-refractivity contribution is 5.94. The van der Waals surface area contributed by atoms with E-state index in [1.54, 1.807) is 7.11 Å². The number of anilines is 1. The zero-order valence-corrected chi connectivity index (χ0v) is 22.7. The maximum Gasteiger partial charge on any atom is 0.231 e. The lowest BCUT2D eigenvalue weighted by molar-refractivity contribution is -0.686. The number of hydrogen-bond acceptors (Lipinski definition) is 6. The summed E-state index contributed by atoms with van der Waals surface area (Å²) in [5, 5.41) is 12.7. The monoisotopic (exact) mass is 567 g/mol. The van der Waals surface area contributed by atoms with E-state index in [1.807, 2.05) is 23.2 Å². The van der Waals surface area contributed by atoms with Gasteiger partial charge in [-0.05, 0) is 41.5 Å². The van der Waals surface area contributed by atoms with Gasteiger partial charge in [0.2, 0.25) is 12.5 Å². The van der Waals surface area contributed by atoms with E-state index >= 15 is 0 Å². The summed E-state index contributed by atoms with van der Waals surface area (Å²) in [5.41, 5.74) is 4.84. The van der Waals surface area contributed by atoms with E-state index in [0.717, 1.165) is 58.1 Å². The Balaban J connectivity index is 0.00000289. The zero-order chi connectivity index (χ0) is 26.7. The van der Waals surface area contributed by atoms with Crippen LogP contribution in [-0.2, 0) is 19.5 Å². The Morgan fingerprint density at radius 1 is 0.975 bits per heavy atom. The van der Waals surface area contributed by atoms with Crippen molar-refractivity contribution in [2.75, 3.05) is 45.0 Å². The number of hydrogen-bond donors (Lipinski definition) is 1. The largest absolute Gasteiger partial charge is 1.00 e. The van der Waals surface area contributed by atoms with Gasteiger partial charge in [0.15, 0.2) is 35.7 Å². The molecule has 0 saturated carbocycles. The number of rotatable bonds is 4. The van der Waals surface area contributed by atoms with Gasteiger partial charge in [-0.2, -0.15) is 4.57 Å². The Morgan fingerprint density at radius 2 is 1.75 bits per heavy atom. The topological polar surface area (TPSA) is 58.3 Å². The number of nitrogens with zero attached hydrogens (tertiary/aromatic N) is 3. The van der Waals surface area contributed by atoms with Crippen molar-refractivity contribution in [1.82, 2.24) is 4.90 Å². The summed E-state index contributed by atoms with van der Waals surface area (Å²) in [6.07, 6.45) is 2.86. The van der Waals surface area contributed by atoms with Crippen LogP contribution in [0.15, 0.2) is 48.7 Å². The van der Waals surface area contributed by atoms with Crippen LogP contribution < -0.4 is 36.1 Å². The molecule has 4 aromatic rings. The average molecular weight is 568 g/mol. The average Bonchev–Trinajstić information content (AvgIpc) is 3.41. The van der Waals surface area contributed by atoms with Gasteiger partial charge in [0.05, 0.1) is 23.7 Å². The molecule has 3 aromatic carbocycles. The number of aromatic nitrogens is 1. The zero-order valence-electron chi connectivity index (χ0n) is 21.9. The third-order valence-corrected chi connectivity index (χ3v) is 8.04. The second-order valence-electron chi connectivity index (χ2n) is 10.2. The summed E-state index contributed by atoms with van der Waals surface area (Å²) in [6.45, 7) is 4.34. The molecule has 7 rings (SSSR count). The van der Waals surface area contributed by atoms with E-state index in [2.05, 4.69) is 21.6 Å². The lowest BCUT2D eigenvalue weighted by atomic mass is 9.94. The highest BCUT2D eigenvalue weighted by Crippen LogP contribution is 2.42. The Bertz CT molecular complexity index is 1630. The fourth-order valence-electron chi connectivity index (χ4n) is 5.98. The molecule has 0 bridgehead atoms. The molecular weight excluding hydrogens is 540 g/mol. The van der Waals surface area contributed by atoms with Crippen molar-refractivity contribution in [1.29, 1.82) is 0 Å². The molecule has 4 heterocycles. The minimum Gasteiger partial charge on any atom is -1.00 e. The minimum atomic E-state index is -0.573. The number of phenols is 1. The van der Waals surface area contributed by atoms with Crippen LogP contribution in [-0.4, -0.2) is 50.1 Å². The first-order valence-corrected chi connectivity index (χ1v) is 13.1. The third kappa shape index (κ3) is 4.43. The van der Waals surface area contributed by atoms with Gasteiger partial charge in [-0.25, -0.2) is 8.78 Å². The normalized spacial score (nSPS) is 15.9. The van der Waals surface area contributed by atoms with Crippen molar-refractivity contribution in [3.05, 3.63) is 71.4 Å². The van der Waals surface area contributed by atoms with Gasteiger partial charge in [0.25, 0.3) is 0 Å². The molecule has 7 nitrogen and oxygen atoms in total. The number of aromatic hydroxyl groups is 1. The van der Waals surface area contributed by atoms with Gasteiger partial charge in [0, 0.05) is 56.7 Å². The smallest absolute Gasteiger partial charge is 0.231 e. The molecule has 1 N–H and O–H groups in total. The second kappa shape index (κ2) is 10.3. The SMILES string of the molecule is COc1cc(CN2CCN(c3ccc(F)cc3F)CC2)c2cc3[n+](cc2c1O)CCc1cc2c(cc1-3)OCO2.[Cl-]. The first kappa shape index (κ1) is 26.4. The maximum atomic E-state index is 14.3. The predicted octanol–water partition coefficient (Wildman–Crippen LogP) is 1.40. The molecular formula is C30H28ClF2N3O4. The van der Waals surface area contributed by atoms with Gasteiger partial charge in [-0.15, -0.1) is 0 Å². The number of fused-ring (bicyclic) bond motifs is 5. The number of benzene rings is 3. The van der Waals surface area contributed by atoms with E-state index in [9.17, 15) is 13.9 Å². The Hall–Kier alpha value is -3.82.